The fourth-order valence-electron chi connectivity index (χ4n) is 2.94. The molecule has 1 N–H and O–H groups in total. The molecule has 1 fully saturated rings. The van der Waals surface area contributed by atoms with Crippen LogP contribution in [-0.2, 0) is 4.79 Å². The number of ether oxygens (including phenoxy) is 1. The van der Waals surface area contributed by atoms with Crippen LogP contribution in [0.15, 0.2) is 18.2 Å². The van der Waals surface area contributed by atoms with Crippen LogP contribution in [0.25, 0.3) is 0 Å². The van der Waals surface area contributed by atoms with E-state index in [1.807, 2.05) is 13.1 Å². The minimum absolute atomic E-state index is 0.0231. The van der Waals surface area contributed by atoms with E-state index < -0.39 is 0 Å². The third-order valence-corrected chi connectivity index (χ3v) is 4.14. The Morgan fingerprint density at radius 1 is 1.32 bits per heavy atom. The smallest absolute Gasteiger partial charge is 0.267 e. The summed E-state index contributed by atoms with van der Waals surface area (Å²) in [6.07, 6.45) is 1.93. The topological polar surface area (TPSA) is 41.6 Å². The van der Waals surface area contributed by atoms with Gasteiger partial charge in [0, 0.05) is 7.05 Å². The Balaban J connectivity index is 1.92. The second-order valence-electron chi connectivity index (χ2n) is 5.41. The summed E-state index contributed by atoms with van der Waals surface area (Å²) in [5.41, 5.74) is 2.22. The maximum atomic E-state index is 12.0. The number of benzene rings is 1. The molecule has 1 aromatic rings. The van der Waals surface area contributed by atoms with E-state index in [1.54, 1.807) is 11.8 Å². The van der Waals surface area contributed by atoms with Gasteiger partial charge in [0.15, 0.2) is 6.10 Å². The molecule has 2 heterocycles. The number of hydrogen-bond acceptors (Lipinski definition) is 3. The van der Waals surface area contributed by atoms with Gasteiger partial charge in [0.05, 0.1) is 5.69 Å². The second-order valence-corrected chi connectivity index (χ2v) is 5.41. The number of amides is 1. The summed E-state index contributed by atoms with van der Waals surface area (Å²) in [5, 5.41) is 3.38. The number of likely N-dealkylation sites (N-methyl/N-ethyl adjacent to an activating group) is 1. The molecule has 4 heteroatoms. The van der Waals surface area contributed by atoms with Crippen molar-refractivity contribution in [2.75, 3.05) is 25.0 Å². The average molecular weight is 260 g/mol. The third-order valence-electron chi connectivity index (χ3n) is 4.14. The summed E-state index contributed by atoms with van der Waals surface area (Å²) in [6, 6.07) is 6.27. The minimum Gasteiger partial charge on any atom is -0.479 e. The number of carbonyl (C=O) groups excluding carboxylic acids is 1. The van der Waals surface area contributed by atoms with Gasteiger partial charge in [-0.15, -0.1) is 0 Å². The summed E-state index contributed by atoms with van der Waals surface area (Å²) in [7, 11) is 1.83. The average Bonchev–Trinajstić information content (AvgIpc) is 2.46. The van der Waals surface area contributed by atoms with Gasteiger partial charge in [0.2, 0.25) is 0 Å². The van der Waals surface area contributed by atoms with E-state index in [0.717, 1.165) is 37.4 Å². The second kappa shape index (κ2) is 4.85. The minimum atomic E-state index is -0.387. The van der Waals surface area contributed by atoms with Gasteiger partial charge in [-0.25, -0.2) is 0 Å². The normalized spacial score (nSPS) is 24.0. The van der Waals surface area contributed by atoms with Crippen LogP contribution in [0.1, 0.15) is 31.2 Å². The third kappa shape index (κ3) is 2.21. The molecule has 0 radical (unpaired) electrons. The van der Waals surface area contributed by atoms with Gasteiger partial charge < -0.3 is 15.0 Å². The molecule has 102 valence electrons. The lowest BCUT2D eigenvalue weighted by Crippen LogP contribution is -2.42. The number of carbonyl (C=O) groups is 1. The zero-order chi connectivity index (χ0) is 13.4. The number of anilines is 1. The van der Waals surface area contributed by atoms with E-state index in [1.165, 1.54) is 5.56 Å². The molecule has 2 aliphatic rings. The first-order valence-corrected chi connectivity index (χ1v) is 6.95. The monoisotopic (exact) mass is 260 g/mol. The highest BCUT2D eigenvalue weighted by Gasteiger charge is 2.29. The van der Waals surface area contributed by atoms with E-state index in [9.17, 15) is 4.79 Å². The fourth-order valence-corrected chi connectivity index (χ4v) is 2.94. The fraction of sp³-hybridized carbons (Fsp3) is 0.533. The molecule has 1 saturated heterocycles. The van der Waals surface area contributed by atoms with Gasteiger partial charge in [-0.2, -0.15) is 0 Å². The number of nitrogens with one attached hydrogen (secondary N) is 1. The van der Waals surface area contributed by atoms with Crippen molar-refractivity contribution in [2.45, 2.75) is 31.8 Å². The molecule has 19 heavy (non-hydrogen) atoms. The van der Waals surface area contributed by atoms with Gasteiger partial charge in [-0.05, 0) is 56.5 Å². The van der Waals surface area contributed by atoms with Crippen molar-refractivity contribution in [2.24, 2.45) is 0 Å². The molecule has 0 spiro atoms. The molecule has 0 saturated carbocycles. The molecular formula is C15H20N2O2. The Morgan fingerprint density at radius 2 is 2.05 bits per heavy atom. The molecule has 0 bridgehead atoms. The SMILES string of the molecule is CC1Oc2ccc(C3CCNCC3)cc2N(C)C1=O. The molecule has 1 amide bonds. The first kappa shape index (κ1) is 12.5. The van der Waals surface area contributed by atoms with Crippen molar-refractivity contribution in [3.05, 3.63) is 23.8 Å². The summed E-state index contributed by atoms with van der Waals surface area (Å²) < 4.78 is 5.65. The van der Waals surface area contributed by atoms with Crippen LogP contribution >= 0.6 is 0 Å². The first-order valence-electron chi connectivity index (χ1n) is 6.95. The molecule has 0 aliphatic carbocycles. The van der Waals surface area contributed by atoms with Gasteiger partial charge in [0.1, 0.15) is 5.75 Å². The maximum Gasteiger partial charge on any atom is 0.267 e. The van der Waals surface area contributed by atoms with Crippen molar-refractivity contribution in [1.29, 1.82) is 0 Å². The van der Waals surface area contributed by atoms with Gasteiger partial charge >= 0.3 is 0 Å². The highest BCUT2D eigenvalue weighted by Crippen LogP contribution is 2.37. The van der Waals surface area contributed by atoms with Crippen LogP contribution < -0.4 is 15.0 Å². The highest BCUT2D eigenvalue weighted by molar-refractivity contribution is 5.99. The van der Waals surface area contributed by atoms with E-state index in [0.29, 0.717) is 5.92 Å². The van der Waals surface area contributed by atoms with E-state index >= 15 is 0 Å². The lowest BCUT2D eigenvalue weighted by Gasteiger charge is -2.32. The number of piperidine rings is 1. The largest absolute Gasteiger partial charge is 0.479 e. The zero-order valence-corrected chi connectivity index (χ0v) is 11.5. The number of nitrogens with zero attached hydrogens (tertiary/aromatic N) is 1. The van der Waals surface area contributed by atoms with Crippen molar-refractivity contribution in [3.8, 4) is 5.75 Å². The molecule has 3 rings (SSSR count). The van der Waals surface area contributed by atoms with Crippen molar-refractivity contribution in [1.82, 2.24) is 5.32 Å². The van der Waals surface area contributed by atoms with Crippen LogP contribution in [0.3, 0.4) is 0 Å². The van der Waals surface area contributed by atoms with E-state index in [2.05, 4.69) is 17.4 Å². The lowest BCUT2D eigenvalue weighted by molar-refractivity contribution is -0.125. The Bertz CT molecular complexity index is 495. The van der Waals surface area contributed by atoms with Crippen LogP contribution in [0.4, 0.5) is 5.69 Å². The van der Waals surface area contributed by atoms with Gasteiger partial charge in [-0.1, -0.05) is 6.07 Å². The van der Waals surface area contributed by atoms with E-state index in [4.69, 9.17) is 4.74 Å². The Morgan fingerprint density at radius 3 is 2.79 bits per heavy atom. The van der Waals surface area contributed by atoms with E-state index in [-0.39, 0.29) is 12.0 Å². The van der Waals surface area contributed by atoms with Crippen molar-refractivity contribution < 1.29 is 9.53 Å². The summed E-state index contributed by atoms with van der Waals surface area (Å²) in [6.45, 7) is 3.94. The Labute approximate surface area is 113 Å². The molecule has 0 aromatic heterocycles. The molecule has 1 unspecified atom stereocenters. The quantitative estimate of drug-likeness (QED) is 0.838. The summed E-state index contributed by atoms with van der Waals surface area (Å²) >= 11 is 0. The van der Waals surface area contributed by atoms with Crippen molar-refractivity contribution >= 4 is 11.6 Å². The number of rotatable bonds is 1. The standard InChI is InChI=1S/C15H20N2O2/c1-10-15(18)17(2)13-9-12(3-4-14(13)19-10)11-5-7-16-8-6-11/h3-4,9-11,16H,5-8H2,1-2H3. The first-order chi connectivity index (χ1) is 9.16. The number of fused-ring (bicyclic) bond motifs is 1. The molecule has 4 nitrogen and oxygen atoms in total. The molecule has 1 atom stereocenters. The Kier molecular flexibility index (Phi) is 3.19. The predicted octanol–water partition coefficient (Wildman–Crippen LogP) is 1.90. The van der Waals surface area contributed by atoms with Crippen molar-refractivity contribution in [3.63, 3.8) is 0 Å². The molecular weight excluding hydrogens is 240 g/mol. The lowest BCUT2D eigenvalue weighted by atomic mass is 9.89. The van der Waals surface area contributed by atoms with Crippen LogP contribution in [0, 0.1) is 0 Å². The summed E-state index contributed by atoms with van der Waals surface area (Å²) in [5.74, 6) is 1.43. The van der Waals surface area contributed by atoms with Gasteiger partial charge in [0.25, 0.3) is 5.91 Å². The summed E-state index contributed by atoms with van der Waals surface area (Å²) in [4.78, 5) is 13.7. The van der Waals surface area contributed by atoms with Crippen LogP contribution in [0.2, 0.25) is 0 Å². The number of hydrogen-bond donors (Lipinski definition) is 1. The Hall–Kier alpha value is -1.55. The van der Waals surface area contributed by atoms with Crippen LogP contribution in [0.5, 0.6) is 5.75 Å². The predicted molar refractivity (Wildman–Crippen MR) is 74.8 cm³/mol. The maximum absolute atomic E-state index is 12.0. The van der Waals surface area contributed by atoms with Gasteiger partial charge in [-0.3, -0.25) is 4.79 Å². The zero-order valence-electron chi connectivity index (χ0n) is 11.5. The van der Waals surface area contributed by atoms with Crippen LogP contribution in [-0.4, -0.2) is 32.1 Å². The highest BCUT2D eigenvalue weighted by atomic mass is 16.5. The molecule has 2 aliphatic heterocycles. The molecule has 1 aromatic carbocycles.